The number of rotatable bonds is 4. The third-order valence-electron chi connectivity index (χ3n) is 3.91. The van der Waals surface area contributed by atoms with E-state index in [1.807, 2.05) is 44.2 Å². The number of benzene rings is 2. The second-order valence-electron chi connectivity index (χ2n) is 5.33. The van der Waals surface area contributed by atoms with Gasteiger partial charge in [0.1, 0.15) is 0 Å². The highest BCUT2D eigenvalue weighted by atomic mass is 35.5. The summed E-state index contributed by atoms with van der Waals surface area (Å²) < 4.78 is 0. The maximum absolute atomic E-state index is 10.8. The minimum Gasteiger partial charge on any atom is -0.388 e. The van der Waals surface area contributed by atoms with E-state index in [0.29, 0.717) is 0 Å². The molecule has 0 saturated carbocycles. The molecule has 0 bridgehead atoms. The molecule has 0 saturated heterocycles. The van der Waals surface area contributed by atoms with Crippen molar-refractivity contribution in [3.8, 4) is 0 Å². The van der Waals surface area contributed by atoms with Crippen LogP contribution in [0.5, 0.6) is 0 Å². The number of aliphatic hydroxyl groups is 1. The van der Waals surface area contributed by atoms with Gasteiger partial charge in [0.05, 0.1) is 6.10 Å². The molecule has 2 rings (SSSR count). The molecule has 20 heavy (non-hydrogen) atoms. The maximum atomic E-state index is 10.8. The zero-order valence-corrected chi connectivity index (χ0v) is 13.0. The summed E-state index contributed by atoms with van der Waals surface area (Å²) in [5, 5.41) is 11.5. The normalized spacial score (nSPS) is 14.1. The summed E-state index contributed by atoms with van der Waals surface area (Å²) >= 11 is 6.14. The second kappa shape index (κ2) is 6.43. The number of aryl methyl sites for hydroxylation is 2. The van der Waals surface area contributed by atoms with Crippen molar-refractivity contribution in [3.05, 3.63) is 69.7 Å². The molecule has 2 unspecified atom stereocenters. The van der Waals surface area contributed by atoms with Crippen LogP contribution in [0.15, 0.2) is 42.5 Å². The molecule has 0 radical (unpaired) electrons. The molecule has 2 aromatic carbocycles. The zero-order chi connectivity index (χ0) is 14.7. The Labute approximate surface area is 126 Å². The van der Waals surface area contributed by atoms with Gasteiger partial charge in [-0.25, -0.2) is 0 Å². The third-order valence-corrected chi connectivity index (χ3v) is 4.32. The molecule has 0 aliphatic heterocycles. The van der Waals surface area contributed by atoms with E-state index in [1.165, 1.54) is 5.56 Å². The monoisotopic (exact) mass is 288 g/mol. The van der Waals surface area contributed by atoms with Crippen LogP contribution in [0.4, 0.5) is 0 Å². The molecular weight excluding hydrogens is 268 g/mol. The van der Waals surface area contributed by atoms with Crippen molar-refractivity contribution in [2.75, 3.05) is 0 Å². The topological polar surface area (TPSA) is 20.2 Å². The Balaban J connectivity index is 2.39. The fourth-order valence-corrected chi connectivity index (χ4v) is 2.90. The van der Waals surface area contributed by atoms with E-state index in [-0.39, 0.29) is 5.92 Å². The predicted octanol–water partition coefficient (Wildman–Crippen LogP) is 5.18. The van der Waals surface area contributed by atoms with Crippen molar-refractivity contribution in [2.24, 2.45) is 0 Å². The Morgan fingerprint density at radius 1 is 1.05 bits per heavy atom. The Kier molecular flexibility index (Phi) is 4.85. The number of hydrogen-bond acceptors (Lipinski definition) is 1. The molecule has 0 aliphatic carbocycles. The van der Waals surface area contributed by atoms with Crippen LogP contribution in [0.25, 0.3) is 0 Å². The van der Waals surface area contributed by atoms with Crippen molar-refractivity contribution in [1.82, 2.24) is 0 Å². The van der Waals surface area contributed by atoms with Gasteiger partial charge in [-0.3, -0.25) is 0 Å². The molecule has 0 amide bonds. The predicted molar refractivity (Wildman–Crippen MR) is 85.4 cm³/mol. The Morgan fingerprint density at radius 2 is 1.70 bits per heavy atom. The molecule has 2 heteroatoms. The zero-order valence-electron chi connectivity index (χ0n) is 12.2. The largest absolute Gasteiger partial charge is 0.388 e. The van der Waals surface area contributed by atoms with Crippen molar-refractivity contribution < 1.29 is 5.11 Å². The molecule has 0 aromatic heterocycles. The van der Waals surface area contributed by atoms with E-state index < -0.39 is 6.10 Å². The van der Waals surface area contributed by atoms with Gasteiger partial charge in [0.25, 0.3) is 0 Å². The van der Waals surface area contributed by atoms with Crippen LogP contribution in [0.2, 0.25) is 5.02 Å². The maximum Gasteiger partial charge on any atom is 0.0861 e. The highest BCUT2D eigenvalue weighted by Crippen LogP contribution is 2.36. The molecule has 0 aliphatic rings. The summed E-state index contributed by atoms with van der Waals surface area (Å²) in [6, 6.07) is 14.1. The summed E-state index contributed by atoms with van der Waals surface area (Å²) in [6.07, 6.45) is 0.394. The first-order valence-corrected chi connectivity index (χ1v) is 7.42. The second-order valence-corrected chi connectivity index (χ2v) is 5.74. The first-order valence-electron chi connectivity index (χ1n) is 7.04. The molecule has 2 atom stereocenters. The van der Waals surface area contributed by atoms with Crippen LogP contribution >= 0.6 is 11.6 Å². The van der Waals surface area contributed by atoms with Crippen LogP contribution in [0.3, 0.4) is 0 Å². The van der Waals surface area contributed by atoms with E-state index in [0.717, 1.165) is 28.1 Å². The van der Waals surface area contributed by atoms with Crippen molar-refractivity contribution in [2.45, 2.75) is 39.2 Å². The molecular formula is C18H21ClO. The molecule has 1 N–H and O–H groups in total. The van der Waals surface area contributed by atoms with Gasteiger partial charge >= 0.3 is 0 Å². The van der Waals surface area contributed by atoms with E-state index in [2.05, 4.69) is 19.1 Å². The molecule has 106 valence electrons. The summed E-state index contributed by atoms with van der Waals surface area (Å²) in [4.78, 5) is 0. The third kappa shape index (κ3) is 3.05. The molecule has 0 fully saturated rings. The van der Waals surface area contributed by atoms with Crippen molar-refractivity contribution in [1.29, 1.82) is 0 Å². The number of aliphatic hydroxyl groups excluding tert-OH is 1. The van der Waals surface area contributed by atoms with Gasteiger partial charge in [0.15, 0.2) is 0 Å². The van der Waals surface area contributed by atoms with Gasteiger partial charge in [-0.1, -0.05) is 54.9 Å². The number of hydrogen-bond donors (Lipinski definition) is 1. The molecule has 2 aromatic rings. The lowest BCUT2D eigenvalue weighted by Crippen LogP contribution is -2.12. The van der Waals surface area contributed by atoms with Gasteiger partial charge in [0.2, 0.25) is 0 Å². The van der Waals surface area contributed by atoms with E-state index in [4.69, 9.17) is 11.6 Å². The highest BCUT2D eigenvalue weighted by molar-refractivity contribution is 6.31. The van der Waals surface area contributed by atoms with Crippen LogP contribution in [-0.4, -0.2) is 5.11 Å². The standard InChI is InChI=1S/C18H21ClO/c1-4-15(14-8-6-5-7-9-14)18(20)16-10-13(3)17(19)11-12(16)2/h5-11,15,18,20H,4H2,1-3H3. The van der Waals surface area contributed by atoms with Crippen LogP contribution in [-0.2, 0) is 0 Å². The summed E-state index contributed by atoms with van der Waals surface area (Å²) in [5.74, 6) is 0.107. The average molecular weight is 289 g/mol. The summed E-state index contributed by atoms with van der Waals surface area (Å²) in [7, 11) is 0. The lowest BCUT2D eigenvalue weighted by Gasteiger charge is -2.24. The average Bonchev–Trinajstić information content (AvgIpc) is 2.44. The highest BCUT2D eigenvalue weighted by Gasteiger charge is 2.22. The van der Waals surface area contributed by atoms with E-state index in [9.17, 15) is 5.11 Å². The minimum absolute atomic E-state index is 0.107. The number of halogens is 1. The van der Waals surface area contributed by atoms with Gasteiger partial charge in [0, 0.05) is 10.9 Å². The quantitative estimate of drug-likeness (QED) is 0.821. The minimum atomic E-state index is -0.502. The first-order chi connectivity index (χ1) is 9.54. The fourth-order valence-electron chi connectivity index (χ4n) is 2.68. The van der Waals surface area contributed by atoms with Crippen molar-refractivity contribution >= 4 is 11.6 Å². The SMILES string of the molecule is CCC(c1ccccc1)C(O)c1cc(C)c(Cl)cc1C. The Hall–Kier alpha value is -1.31. The van der Waals surface area contributed by atoms with Gasteiger partial charge in [-0.2, -0.15) is 0 Å². The summed E-state index contributed by atoms with van der Waals surface area (Å²) in [5.41, 5.74) is 4.20. The fraction of sp³-hybridized carbons (Fsp3) is 0.333. The van der Waals surface area contributed by atoms with Gasteiger partial charge in [-0.15, -0.1) is 0 Å². The molecule has 0 spiro atoms. The smallest absolute Gasteiger partial charge is 0.0861 e. The van der Waals surface area contributed by atoms with Crippen LogP contribution in [0, 0.1) is 13.8 Å². The van der Waals surface area contributed by atoms with Crippen molar-refractivity contribution in [3.63, 3.8) is 0 Å². The van der Waals surface area contributed by atoms with E-state index in [1.54, 1.807) is 0 Å². The van der Waals surface area contributed by atoms with Gasteiger partial charge in [-0.05, 0) is 48.6 Å². The van der Waals surface area contributed by atoms with E-state index >= 15 is 0 Å². The molecule has 1 nitrogen and oxygen atoms in total. The Bertz CT molecular complexity index is 577. The lowest BCUT2D eigenvalue weighted by molar-refractivity contribution is 0.142. The van der Waals surface area contributed by atoms with Crippen LogP contribution < -0.4 is 0 Å². The Morgan fingerprint density at radius 3 is 2.30 bits per heavy atom. The lowest BCUT2D eigenvalue weighted by atomic mass is 9.85. The molecule has 0 heterocycles. The van der Waals surface area contributed by atoms with Gasteiger partial charge < -0.3 is 5.11 Å². The van der Waals surface area contributed by atoms with Crippen LogP contribution in [0.1, 0.15) is 47.6 Å². The summed E-state index contributed by atoms with van der Waals surface area (Å²) in [6.45, 7) is 6.09. The first kappa shape index (κ1) is 15.1.